The van der Waals surface area contributed by atoms with Crippen LogP contribution in [-0.2, 0) is 4.74 Å². The average molecular weight is 283 g/mol. The molecule has 2 fully saturated rings. The van der Waals surface area contributed by atoms with Crippen molar-refractivity contribution in [2.24, 2.45) is 5.92 Å². The summed E-state index contributed by atoms with van der Waals surface area (Å²) in [6, 6.07) is 0. The average Bonchev–Trinajstić information content (AvgIpc) is 2.43. The lowest BCUT2D eigenvalue weighted by Gasteiger charge is -2.38. The summed E-state index contributed by atoms with van der Waals surface area (Å²) < 4.78 is 5.64. The summed E-state index contributed by atoms with van der Waals surface area (Å²) >= 11 is 0. The molecule has 0 spiro atoms. The molecule has 0 atom stereocenters. The van der Waals surface area contributed by atoms with E-state index in [1.807, 2.05) is 0 Å². The van der Waals surface area contributed by atoms with E-state index in [1.165, 1.54) is 58.7 Å². The Kier molecular flexibility index (Phi) is 6.75. The van der Waals surface area contributed by atoms with Gasteiger partial charge in [-0.15, -0.1) is 0 Å². The van der Waals surface area contributed by atoms with Crippen molar-refractivity contribution in [3.63, 3.8) is 0 Å². The van der Waals surface area contributed by atoms with Gasteiger partial charge in [0, 0.05) is 39.3 Å². The fraction of sp³-hybridized carbons (Fsp3) is 1.00. The van der Waals surface area contributed by atoms with E-state index in [-0.39, 0.29) is 0 Å². The number of rotatable bonds is 6. The number of hydrogen-bond donors (Lipinski definition) is 0. The summed E-state index contributed by atoms with van der Waals surface area (Å²) in [7, 11) is 2.24. The number of likely N-dealkylation sites (tertiary alicyclic amines) is 1. The predicted octanol–water partition coefficient (Wildman–Crippen LogP) is 1.37. The molecule has 2 saturated heterocycles. The van der Waals surface area contributed by atoms with Gasteiger partial charge >= 0.3 is 0 Å². The topological polar surface area (TPSA) is 19.0 Å². The van der Waals surface area contributed by atoms with Crippen LogP contribution in [0.1, 0.15) is 26.7 Å². The zero-order valence-electron chi connectivity index (χ0n) is 13.7. The number of hydrogen-bond acceptors (Lipinski definition) is 4. The van der Waals surface area contributed by atoms with Gasteiger partial charge in [-0.05, 0) is 52.7 Å². The van der Waals surface area contributed by atoms with Gasteiger partial charge in [0.15, 0.2) is 0 Å². The van der Waals surface area contributed by atoms with E-state index in [2.05, 4.69) is 35.6 Å². The van der Waals surface area contributed by atoms with E-state index in [0.29, 0.717) is 6.10 Å². The summed E-state index contributed by atoms with van der Waals surface area (Å²) in [4.78, 5) is 7.69. The maximum Gasteiger partial charge on any atom is 0.0596 e. The predicted molar refractivity (Wildman–Crippen MR) is 84.2 cm³/mol. The molecule has 0 aromatic rings. The normalized spacial score (nSPS) is 24.6. The highest BCUT2D eigenvalue weighted by molar-refractivity contribution is 4.77. The van der Waals surface area contributed by atoms with Crippen LogP contribution in [-0.4, -0.2) is 86.8 Å². The third kappa shape index (κ3) is 5.68. The molecule has 0 unspecified atom stereocenters. The van der Waals surface area contributed by atoms with Gasteiger partial charge in [0.25, 0.3) is 0 Å². The third-order valence-corrected chi connectivity index (χ3v) is 4.68. The second-order valence-electron chi connectivity index (χ2n) is 6.81. The van der Waals surface area contributed by atoms with Crippen molar-refractivity contribution in [2.75, 3.05) is 66.0 Å². The van der Waals surface area contributed by atoms with Gasteiger partial charge in [0.1, 0.15) is 0 Å². The molecule has 20 heavy (non-hydrogen) atoms. The molecule has 0 bridgehead atoms. The van der Waals surface area contributed by atoms with Gasteiger partial charge in [-0.1, -0.05) is 0 Å². The largest absolute Gasteiger partial charge is 0.377 e. The van der Waals surface area contributed by atoms with Gasteiger partial charge in [-0.25, -0.2) is 0 Å². The zero-order valence-corrected chi connectivity index (χ0v) is 13.7. The molecule has 2 heterocycles. The maximum absolute atomic E-state index is 5.64. The van der Waals surface area contributed by atoms with Crippen LogP contribution in [0.15, 0.2) is 0 Å². The van der Waals surface area contributed by atoms with Crippen molar-refractivity contribution in [1.82, 2.24) is 14.7 Å². The molecule has 118 valence electrons. The van der Waals surface area contributed by atoms with E-state index in [0.717, 1.165) is 19.1 Å². The van der Waals surface area contributed by atoms with Crippen molar-refractivity contribution in [2.45, 2.75) is 32.8 Å². The lowest BCUT2D eigenvalue weighted by molar-refractivity contribution is 0.0406. The Bertz CT molecular complexity index is 256. The molecule has 2 aliphatic heterocycles. The van der Waals surface area contributed by atoms with Crippen molar-refractivity contribution in [3.8, 4) is 0 Å². The second kappa shape index (κ2) is 8.32. The zero-order chi connectivity index (χ0) is 14.4. The van der Waals surface area contributed by atoms with E-state index >= 15 is 0 Å². The minimum atomic E-state index is 0.362. The summed E-state index contributed by atoms with van der Waals surface area (Å²) in [6.45, 7) is 15.0. The molecular formula is C16H33N3O. The number of piperidine rings is 1. The van der Waals surface area contributed by atoms with Gasteiger partial charge in [0.05, 0.1) is 12.7 Å². The highest BCUT2D eigenvalue weighted by atomic mass is 16.5. The summed E-state index contributed by atoms with van der Waals surface area (Å²) in [5.74, 6) is 0.932. The first kappa shape index (κ1) is 16.2. The van der Waals surface area contributed by atoms with Crippen LogP contribution in [0.4, 0.5) is 0 Å². The van der Waals surface area contributed by atoms with Crippen LogP contribution in [0.25, 0.3) is 0 Å². The maximum atomic E-state index is 5.64. The Labute approximate surface area is 125 Å². The molecule has 0 aromatic heterocycles. The van der Waals surface area contributed by atoms with E-state index in [4.69, 9.17) is 4.74 Å². The van der Waals surface area contributed by atoms with Crippen LogP contribution >= 0.6 is 0 Å². The van der Waals surface area contributed by atoms with E-state index < -0.39 is 0 Å². The molecule has 0 saturated carbocycles. The van der Waals surface area contributed by atoms with Gasteiger partial charge in [-0.3, -0.25) is 4.90 Å². The van der Waals surface area contributed by atoms with E-state index in [9.17, 15) is 0 Å². The smallest absolute Gasteiger partial charge is 0.0596 e. The molecule has 4 heteroatoms. The van der Waals surface area contributed by atoms with Crippen LogP contribution < -0.4 is 0 Å². The summed E-state index contributed by atoms with van der Waals surface area (Å²) in [5, 5.41) is 0. The molecule has 0 aromatic carbocycles. The molecule has 0 amide bonds. The number of ether oxygens (including phenoxy) is 1. The molecule has 2 rings (SSSR count). The summed E-state index contributed by atoms with van der Waals surface area (Å²) in [6.07, 6.45) is 3.14. The lowest BCUT2D eigenvalue weighted by Crippen LogP contribution is -2.49. The minimum absolute atomic E-state index is 0.362. The van der Waals surface area contributed by atoms with Crippen molar-refractivity contribution < 1.29 is 4.74 Å². The monoisotopic (exact) mass is 283 g/mol. The van der Waals surface area contributed by atoms with E-state index in [1.54, 1.807) is 0 Å². The van der Waals surface area contributed by atoms with Crippen LogP contribution in [0.5, 0.6) is 0 Å². The first-order valence-corrected chi connectivity index (χ1v) is 8.38. The van der Waals surface area contributed by atoms with Crippen LogP contribution in [0, 0.1) is 5.92 Å². The standard InChI is InChI=1S/C16H33N3O/c1-15(2)20-13-12-18-8-10-19(11-9-18)14-16-4-6-17(3)7-5-16/h15-16H,4-14H2,1-3H3. The Morgan fingerprint density at radius 3 is 2.15 bits per heavy atom. The third-order valence-electron chi connectivity index (χ3n) is 4.68. The molecule has 2 aliphatic rings. The highest BCUT2D eigenvalue weighted by Gasteiger charge is 2.22. The number of nitrogens with zero attached hydrogens (tertiary/aromatic N) is 3. The van der Waals surface area contributed by atoms with Crippen LogP contribution in [0.2, 0.25) is 0 Å². The Balaban J connectivity index is 1.57. The Morgan fingerprint density at radius 2 is 1.55 bits per heavy atom. The fourth-order valence-corrected chi connectivity index (χ4v) is 3.22. The fourth-order valence-electron chi connectivity index (χ4n) is 3.22. The van der Waals surface area contributed by atoms with Crippen molar-refractivity contribution in [3.05, 3.63) is 0 Å². The Morgan fingerprint density at radius 1 is 0.950 bits per heavy atom. The first-order chi connectivity index (χ1) is 9.63. The molecule has 4 nitrogen and oxygen atoms in total. The quantitative estimate of drug-likeness (QED) is 0.733. The van der Waals surface area contributed by atoms with Gasteiger partial charge in [0.2, 0.25) is 0 Å². The molecule has 0 N–H and O–H groups in total. The Hall–Kier alpha value is -0.160. The molecule has 0 radical (unpaired) electrons. The number of piperazine rings is 1. The summed E-state index contributed by atoms with van der Waals surface area (Å²) in [5.41, 5.74) is 0. The molecular weight excluding hydrogens is 250 g/mol. The van der Waals surface area contributed by atoms with Gasteiger partial charge < -0.3 is 14.5 Å². The van der Waals surface area contributed by atoms with Crippen molar-refractivity contribution >= 4 is 0 Å². The van der Waals surface area contributed by atoms with Crippen LogP contribution in [0.3, 0.4) is 0 Å². The second-order valence-corrected chi connectivity index (χ2v) is 6.81. The first-order valence-electron chi connectivity index (χ1n) is 8.38. The minimum Gasteiger partial charge on any atom is -0.377 e. The lowest BCUT2D eigenvalue weighted by atomic mass is 9.96. The molecule has 0 aliphatic carbocycles. The van der Waals surface area contributed by atoms with Gasteiger partial charge in [-0.2, -0.15) is 0 Å². The van der Waals surface area contributed by atoms with Crippen molar-refractivity contribution in [1.29, 1.82) is 0 Å². The SMILES string of the molecule is CC(C)OCCN1CCN(CC2CCN(C)CC2)CC1. The highest BCUT2D eigenvalue weighted by Crippen LogP contribution is 2.18.